The Morgan fingerprint density at radius 2 is 2.05 bits per heavy atom. The molecule has 0 fully saturated rings. The first-order chi connectivity index (χ1) is 10.1. The number of amides is 1. The van der Waals surface area contributed by atoms with Gasteiger partial charge < -0.3 is 21.1 Å². The van der Waals surface area contributed by atoms with Crippen LogP contribution in [0.5, 0.6) is 5.75 Å². The zero-order valence-electron chi connectivity index (χ0n) is 11.8. The van der Waals surface area contributed by atoms with E-state index in [9.17, 15) is 4.79 Å². The summed E-state index contributed by atoms with van der Waals surface area (Å²) in [6, 6.07) is 8.38. The van der Waals surface area contributed by atoms with Gasteiger partial charge in [0.1, 0.15) is 15.6 Å². The van der Waals surface area contributed by atoms with Gasteiger partial charge in [-0.05, 0) is 17.5 Å². The highest BCUT2D eigenvalue weighted by Gasteiger charge is 2.26. The van der Waals surface area contributed by atoms with Gasteiger partial charge in [-0.15, -0.1) is 11.3 Å². The van der Waals surface area contributed by atoms with Crippen LogP contribution in [0.2, 0.25) is 0 Å². The molecule has 2 aromatic rings. The maximum Gasteiger partial charge on any atom is 0.261 e. The quantitative estimate of drug-likeness (QED) is 0.908. The van der Waals surface area contributed by atoms with E-state index in [4.69, 9.17) is 16.2 Å². The zero-order chi connectivity index (χ0) is 15.0. The number of hydrogen-bond acceptors (Lipinski definition) is 5. The molecule has 0 aliphatic carbocycles. The predicted molar refractivity (Wildman–Crippen MR) is 85.0 cm³/mol. The van der Waals surface area contributed by atoms with E-state index in [-0.39, 0.29) is 0 Å². The molecule has 6 heteroatoms. The summed E-state index contributed by atoms with van der Waals surface area (Å²) in [6.45, 7) is 1.65. The van der Waals surface area contributed by atoms with E-state index in [0.717, 1.165) is 24.5 Å². The maximum absolute atomic E-state index is 11.5. The first kappa shape index (κ1) is 13.8. The van der Waals surface area contributed by atoms with Gasteiger partial charge in [-0.25, -0.2) is 0 Å². The molecule has 0 saturated heterocycles. The Morgan fingerprint density at radius 3 is 2.71 bits per heavy atom. The van der Waals surface area contributed by atoms with Crippen molar-refractivity contribution >= 4 is 27.9 Å². The van der Waals surface area contributed by atoms with Crippen LogP contribution in [-0.4, -0.2) is 19.6 Å². The molecule has 0 bridgehead atoms. The van der Waals surface area contributed by atoms with E-state index in [2.05, 4.69) is 23.1 Å². The summed E-state index contributed by atoms with van der Waals surface area (Å²) in [5.74, 6) is 0.0349. The molecular weight excluding hydrogens is 286 g/mol. The monoisotopic (exact) mass is 303 g/mol. The molecule has 1 amide bonds. The van der Waals surface area contributed by atoms with Crippen molar-refractivity contribution in [1.29, 1.82) is 0 Å². The molecule has 5 nitrogen and oxygen atoms in total. The van der Waals surface area contributed by atoms with E-state index in [1.165, 1.54) is 22.5 Å². The third-order valence-corrected chi connectivity index (χ3v) is 4.99. The number of nitrogen functional groups attached to an aromatic ring is 1. The summed E-state index contributed by atoms with van der Waals surface area (Å²) < 4.78 is 5.38. The van der Waals surface area contributed by atoms with E-state index < -0.39 is 5.91 Å². The first-order valence-electron chi connectivity index (χ1n) is 6.69. The molecule has 1 aromatic carbocycles. The van der Waals surface area contributed by atoms with Crippen LogP contribution in [0.3, 0.4) is 0 Å². The summed E-state index contributed by atoms with van der Waals surface area (Å²) in [5.41, 5.74) is 14.3. The number of nitrogens with zero attached hydrogens (tertiary/aromatic N) is 1. The van der Waals surface area contributed by atoms with Gasteiger partial charge in [-0.3, -0.25) is 4.79 Å². The minimum atomic E-state index is -0.514. The minimum absolute atomic E-state index is 0.337. The summed E-state index contributed by atoms with van der Waals surface area (Å²) in [5, 5.41) is 0.873. The first-order valence-corrected chi connectivity index (χ1v) is 7.51. The van der Waals surface area contributed by atoms with Crippen LogP contribution < -0.4 is 21.1 Å². The highest BCUT2D eigenvalue weighted by atomic mass is 32.1. The van der Waals surface area contributed by atoms with Crippen molar-refractivity contribution in [2.24, 2.45) is 5.73 Å². The normalized spacial score (nSPS) is 13.9. The molecule has 0 unspecified atom stereocenters. The van der Waals surface area contributed by atoms with Crippen molar-refractivity contribution in [3.63, 3.8) is 0 Å². The van der Waals surface area contributed by atoms with Gasteiger partial charge in [-0.2, -0.15) is 0 Å². The van der Waals surface area contributed by atoms with Gasteiger partial charge in [0.2, 0.25) is 0 Å². The van der Waals surface area contributed by atoms with Crippen molar-refractivity contribution in [3.8, 4) is 5.75 Å². The highest BCUT2D eigenvalue weighted by Crippen LogP contribution is 2.45. The van der Waals surface area contributed by atoms with Gasteiger partial charge in [-0.1, -0.05) is 24.3 Å². The van der Waals surface area contributed by atoms with Crippen LogP contribution in [0.25, 0.3) is 0 Å². The fourth-order valence-electron chi connectivity index (χ4n) is 2.67. The Morgan fingerprint density at radius 1 is 1.33 bits per heavy atom. The lowest BCUT2D eigenvalue weighted by Gasteiger charge is -2.30. The van der Waals surface area contributed by atoms with Crippen molar-refractivity contribution in [2.45, 2.75) is 13.0 Å². The number of ether oxygens (including phenoxy) is 1. The number of rotatable bonds is 3. The molecule has 0 atom stereocenters. The number of nitrogens with two attached hydrogens (primary N) is 2. The number of primary amides is 1. The van der Waals surface area contributed by atoms with Gasteiger partial charge in [0.15, 0.2) is 5.75 Å². The van der Waals surface area contributed by atoms with E-state index in [1.807, 2.05) is 6.07 Å². The van der Waals surface area contributed by atoms with Crippen LogP contribution in [0.15, 0.2) is 24.3 Å². The Labute approximate surface area is 127 Å². The predicted octanol–water partition coefficient (Wildman–Crippen LogP) is 2.00. The topological polar surface area (TPSA) is 81.6 Å². The number of methoxy groups -OCH3 is 1. The minimum Gasteiger partial charge on any atom is -0.492 e. The number of anilines is 2. The van der Waals surface area contributed by atoms with Crippen molar-refractivity contribution in [1.82, 2.24) is 0 Å². The number of thiophene rings is 1. The molecule has 110 valence electrons. The summed E-state index contributed by atoms with van der Waals surface area (Å²) in [7, 11) is 1.56. The largest absolute Gasteiger partial charge is 0.492 e. The second-order valence-electron chi connectivity index (χ2n) is 4.99. The van der Waals surface area contributed by atoms with Crippen LogP contribution in [-0.2, 0) is 13.0 Å². The molecule has 0 spiro atoms. The molecule has 2 heterocycles. The average Bonchev–Trinajstić information content (AvgIpc) is 2.83. The number of carbonyl (C=O) groups is 1. The average molecular weight is 303 g/mol. The van der Waals surface area contributed by atoms with E-state index in [1.54, 1.807) is 7.11 Å². The molecule has 1 aliphatic rings. The summed E-state index contributed by atoms with van der Waals surface area (Å²) in [4.78, 5) is 14.0. The SMILES string of the molecule is COc1c(N2CCc3ccccc3C2)sc(C(N)=O)c1N. The fraction of sp³-hybridized carbons (Fsp3) is 0.267. The second-order valence-corrected chi connectivity index (χ2v) is 5.99. The third-order valence-electron chi connectivity index (χ3n) is 3.73. The van der Waals surface area contributed by atoms with Crippen molar-refractivity contribution in [2.75, 3.05) is 24.3 Å². The number of benzene rings is 1. The molecule has 1 aliphatic heterocycles. The molecule has 1 aromatic heterocycles. The van der Waals surface area contributed by atoms with Crippen LogP contribution >= 0.6 is 11.3 Å². The van der Waals surface area contributed by atoms with E-state index >= 15 is 0 Å². The Bertz CT molecular complexity index is 696. The van der Waals surface area contributed by atoms with Gasteiger partial charge in [0, 0.05) is 13.1 Å². The standard InChI is InChI=1S/C15H17N3O2S/c1-20-12-11(16)13(14(17)19)21-15(12)18-7-6-9-4-2-3-5-10(9)8-18/h2-5H,6-8,16H2,1H3,(H2,17,19). The number of hydrogen-bond donors (Lipinski definition) is 2. The molecule has 4 N–H and O–H groups in total. The van der Waals surface area contributed by atoms with Crippen molar-refractivity contribution < 1.29 is 9.53 Å². The van der Waals surface area contributed by atoms with Gasteiger partial charge >= 0.3 is 0 Å². The lowest BCUT2D eigenvalue weighted by molar-refractivity contribution is 0.100. The van der Waals surface area contributed by atoms with Crippen LogP contribution in [0.1, 0.15) is 20.8 Å². The molecule has 21 heavy (non-hydrogen) atoms. The molecule has 3 rings (SSSR count). The number of carbonyl (C=O) groups excluding carboxylic acids is 1. The summed E-state index contributed by atoms with van der Waals surface area (Å²) in [6.07, 6.45) is 0.961. The van der Waals surface area contributed by atoms with Gasteiger partial charge in [0.05, 0.1) is 7.11 Å². The maximum atomic E-state index is 11.5. The number of fused-ring (bicyclic) bond motifs is 1. The lowest BCUT2D eigenvalue weighted by atomic mass is 10.0. The fourth-order valence-corrected chi connectivity index (χ4v) is 3.74. The molecular formula is C15H17N3O2S. The summed E-state index contributed by atoms with van der Waals surface area (Å²) >= 11 is 1.30. The Hall–Kier alpha value is -2.21. The van der Waals surface area contributed by atoms with E-state index in [0.29, 0.717) is 16.3 Å². The highest BCUT2D eigenvalue weighted by molar-refractivity contribution is 7.19. The second kappa shape index (κ2) is 5.29. The van der Waals surface area contributed by atoms with Gasteiger partial charge in [0.25, 0.3) is 5.91 Å². The lowest BCUT2D eigenvalue weighted by Crippen LogP contribution is -2.29. The van der Waals surface area contributed by atoms with Crippen LogP contribution in [0, 0.1) is 0 Å². The smallest absolute Gasteiger partial charge is 0.261 e. The Kier molecular flexibility index (Phi) is 3.47. The molecule has 0 radical (unpaired) electrons. The van der Waals surface area contributed by atoms with Crippen LogP contribution in [0.4, 0.5) is 10.7 Å². The zero-order valence-corrected chi connectivity index (χ0v) is 12.6. The Balaban J connectivity index is 1.98. The third kappa shape index (κ3) is 2.31. The molecule has 0 saturated carbocycles. The van der Waals surface area contributed by atoms with Crippen molar-refractivity contribution in [3.05, 3.63) is 40.3 Å².